The van der Waals surface area contributed by atoms with Crippen molar-refractivity contribution >= 4 is 0 Å². The minimum absolute atomic E-state index is 0.125. The van der Waals surface area contributed by atoms with E-state index < -0.39 is 0 Å². The monoisotopic (exact) mass is 247 g/mol. The summed E-state index contributed by atoms with van der Waals surface area (Å²) in [5.41, 5.74) is 7.65. The first-order valence-electron chi connectivity index (χ1n) is 7.19. The maximum absolute atomic E-state index is 6.47. The normalized spacial score (nSPS) is 18.9. The molecule has 0 heterocycles. The molecule has 0 radical (unpaired) electrons. The predicted molar refractivity (Wildman–Crippen MR) is 75.7 cm³/mol. The predicted octanol–water partition coefficient (Wildman–Crippen LogP) is 4.05. The molecule has 0 bridgehead atoms. The molecule has 1 saturated carbocycles. The molecular formula is C16H25NO. The fraction of sp³-hybridized carbons (Fsp3) is 0.625. The zero-order chi connectivity index (χ0) is 13.0. The van der Waals surface area contributed by atoms with Gasteiger partial charge in [0.15, 0.2) is 0 Å². The minimum Gasteiger partial charge on any atom is -0.491 e. The number of para-hydroxylation sites is 1. The highest BCUT2D eigenvalue weighted by atomic mass is 16.5. The summed E-state index contributed by atoms with van der Waals surface area (Å²) in [6.45, 7) is 4.12. The van der Waals surface area contributed by atoms with Crippen molar-refractivity contribution in [3.63, 3.8) is 0 Å². The van der Waals surface area contributed by atoms with Gasteiger partial charge >= 0.3 is 0 Å². The molecule has 1 unspecified atom stereocenters. The zero-order valence-corrected chi connectivity index (χ0v) is 11.6. The average molecular weight is 247 g/mol. The molecule has 2 rings (SSSR count). The van der Waals surface area contributed by atoms with E-state index in [0.717, 1.165) is 5.75 Å². The number of benzene rings is 1. The average Bonchev–Trinajstić information content (AvgIpc) is 2.39. The van der Waals surface area contributed by atoms with Gasteiger partial charge in [-0.3, -0.25) is 0 Å². The van der Waals surface area contributed by atoms with Gasteiger partial charge in [0, 0.05) is 11.6 Å². The summed E-state index contributed by atoms with van der Waals surface area (Å²) in [5, 5.41) is 0. The fourth-order valence-electron chi connectivity index (χ4n) is 2.86. The van der Waals surface area contributed by atoms with Gasteiger partial charge in [0.2, 0.25) is 0 Å². The number of nitrogens with two attached hydrogens (primary N) is 1. The van der Waals surface area contributed by atoms with Crippen LogP contribution < -0.4 is 10.5 Å². The third-order valence-corrected chi connectivity index (χ3v) is 3.80. The lowest BCUT2D eigenvalue weighted by atomic mass is 9.81. The number of hydrogen-bond donors (Lipinski definition) is 1. The van der Waals surface area contributed by atoms with Crippen LogP contribution in [0.5, 0.6) is 5.75 Å². The molecule has 18 heavy (non-hydrogen) atoms. The van der Waals surface area contributed by atoms with Crippen molar-refractivity contribution in [1.29, 1.82) is 0 Å². The lowest BCUT2D eigenvalue weighted by molar-refractivity contribution is 0.232. The molecular weight excluding hydrogens is 222 g/mol. The van der Waals surface area contributed by atoms with Gasteiger partial charge in [-0.05, 0) is 38.7 Å². The Labute approximate surface area is 111 Å². The van der Waals surface area contributed by atoms with Crippen LogP contribution >= 0.6 is 0 Å². The van der Waals surface area contributed by atoms with Crippen molar-refractivity contribution in [3.8, 4) is 5.75 Å². The third kappa shape index (κ3) is 3.26. The third-order valence-electron chi connectivity index (χ3n) is 3.80. The van der Waals surface area contributed by atoms with E-state index in [1.54, 1.807) is 0 Å². The summed E-state index contributed by atoms with van der Waals surface area (Å²) in [6.07, 6.45) is 6.74. The van der Waals surface area contributed by atoms with Crippen molar-refractivity contribution < 1.29 is 4.74 Å². The van der Waals surface area contributed by atoms with E-state index in [-0.39, 0.29) is 12.1 Å². The van der Waals surface area contributed by atoms with Crippen LogP contribution in [0.25, 0.3) is 0 Å². The summed E-state index contributed by atoms with van der Waals surface area (Å²) in [5.74, 6) is 1.58. The van der Waals surface area contributed by atoms with E-state index in [0.29, 0.717) is 5.92 Å². The van der Waals surface area contributed by atoms with E-state index in [2.05, 4.69) is 26.0 Å². The van der Waals surface area contributed by atoms with E-state index in [9.17, 15) is 0 Å². The molecule has 1 aromatic rings. The Morgan fingerprint density at radius 3 is 2.44 bits per heavy atom. The van der Waals surface area contributed by atoms with Crippen LogP contribution in [0.4, 0.5) is 0 Å². The second kappa shape index (κ2) is 6.24. The Morgan fingerprint density at radius 1 is 1.11 bits per heavy atom. The maximum atomic E-state index is 6.47. The topological polar surface area (TPSA) is 35.2 Å². The van der Waals surface area contributed by atoms with Gasteiger partial charge in [0.05, 0.1) is 6.10 Å². The molecule has 100 valence electrons. The summed E-state index contributed by atoms with van der Waals surface area (Å²) in [6, 6.07) is 8.37. The Hall–Kier alpha value is -1.02. The Kier molecular flexibility index (Phi) is 4.65. The van der Waals surface area contributed by atoms with E-state index in [1.165, 1.54) is 37.7 Å². The van der Waals surface area contributed by atoms with Gasteiger partial charge in [0.25, 0.3) is 0 Å². The molecule has 0 aromatic heterocycles. The summed E-state index contributed by atoms with van der Waals surface area (Å²) in [7, 11) is 0. The molecule has 0 spiro atoms. The van der Waals surface area contributed by atoms with Gasteiger partial charge < -0.3 is 10.5 Å². The van der Waals surface area contributed by atoms with Crippen LogP contribution in [0, 0.1) is 5.92 Å². The van der Waals surface area contributed by atoms with Gasteiger partial charge in [0.1, 0.15) is 5.75 Å². The van der Waals surface area contributed by atoms with Crippen molar-refractivity contribution in [2.75, 3.05) is 0 Å². The highest BCUT2D eigenvalue weighted by molar-refractivity contribution is 5.36. The summed E-state index contributed by atoms with van der Waals surface area (Å²) < 4.78 is 5.88. The first-order chi connectivity index (χ1) is 8.68. The Morgan fingerprint density at radius 2 is 1.78 bits per heavy atom. The number of ether oxygens (including phenoxy) is 1. The Bertz CT molecular complexity index is 369. The molecule has 1 aromatic carbocycles. The highest BCUT2D eigenvalue weighted by Crippen LogP contribution is 2.36. The first kappa shape index (κ1) is 13.4. The summed E-state index contributed by atoms with van der Waals surface area (Å²) >= 11 is 0. The second-order valence-electron chi connectivity index (χ2n) is 5.63. The van der Waals surface area contributed by atoms with Crippen LogP contribution in [0.3, 0.4) is 0 Å². The SMILES string of the molecule is CC(C)Oc1ccccc1C(N)C1CCCCC1. The van der Waals surface area contributed by atoms with Gasteiger partial charge in [-0.1, -0.05) is 37.5 Å². The maximum Gasteiger partial charge on any atom is 0.124 e. The van der Waals surface area contributed by atoms with E-state index in [4.69, 9.17) is 10.5 Å². The lowest BCUT2D eigenvalue weighted by Gasteiger charge is -2.29. The van der Waals surface area contributed by atoms with Gasteiger partial charge in [-0.2, -0.15) is 0 Å². The largest absolute Gasteiger partial charge is 0.491 e. The molecule has 2 heteroatoms. The van der Waals surface area contributed by atoms with Crippen molar-refractivity contribution in [1.82, 2.24) is 0 Å². The molecule has 2 nitrogen and oxygen atoms in total. The fourth-order valence-corrected chi connectivity index (χ4v) is 2.86. The number of hydrogen-bond acceptors (Lipinski definition) is 2. The molecule has 0 amide bonds. The van der Waals surface area contributed by atoms with Gasteiger partial charge in [-0.25, -0.2) is 0 Å². The Balaban J connectivity index is 2.15. The van der Waals surface area contributed by atoms with Crippen molar-refractivity contribution in [2.24, 2.45) is 11.7 Å². The molecule has 2 N–H and O–H groups in total. The molecule has 1 atom stereocenters. The van der Waals surface area contributed by atoms with Crippen LogP contribution in [0.1, 0.15) is 57.6 Å². The first-order valence-corrected chi connectivity index (χ1v) is 7.19. The molecule has 1 aliphatic rings. The molecule has 0 aliphatic heterocycles. The molecule has 1 fully saturated rings. The lowest BCUT2D eigenvalue weighted by Crippen LogP contribution is -2.24. The molecule has 0 saturated heterocycles. The van der Waals surface area contributed by atoms with E-state index in [1.807, 2.05) is 12.1 Å². The molecule has 1 aliphatic carbocycles. The summed E-state index contributed by atoms with van der Waals surface area (Å²) in [4.78, 5) is 0. The van der Waals surface area contributed by atoms with Crippen LogP contribution in [-0.2, 0) is 0 Å². The van der Waals surface area contributed by atoms with Gasteiger partial charge in [-0.15, -0.1) is 0 Å². The van der Waals surface area contributed by atoms with Crippen LogP contribution in [-0.4, -0.2) is 6.10 Å². The number of rotatable bonds is 4. The standard InChI is InChI=1S/C16H25NO/c1-12(2)18-15-11-7-6-10-14(15)16(17)13-8-4-3-5-9-13/h6-7,10-13,16H,3-5,8-9,17H2,1-2H3. The minimum atomic E-state index is 0.125. The smallest absolute Gasteiger partial charge is 0.124 e. The van der Waals surface area contributed by atoms with Crippen molar-refractivity contribution in [3.05, 3.63) is 29.8 Å². The highest BCUT2D eigenvalue weighted by Gasteiger charge is 2.24. The zero-order valence-electron chi connectivity index (χ0n) is 11.6. The van der Waals surface area contributed by atoms with E-state index >= 15 is 0 Å². The quantitative estimate of drug-likeness (QED) is 0.871. The van der Waals surface area contributed by atoms with Crippen LogP contribution in [0.2, 0.25) is 0 Å². The second-order valence-corrected chi connectivity index (χ2v) is 5.63. The van der Waals surface area contributed by atoms with Crippen molar-refractivity contribution in [2.45, 2.75) is 58.1 Å². The van der Waals surface area contributed by atoms with Crippen LogP contribution in [0.15, 0.2) is 24.3 Å².